The molecule has 0 unspecified atom stereocenters. The fraction of sp³-hybridized carbons (Fsp3) is 0.333. The van der Waals surface area contributed by atoms with Crippen molar-refractivity contribution in [3.05, 3.63) is 59.7 Å². The molecular formula is C21H25N. The first-order chi connectivity index (χ1) is 10.5. The first kappa shape index (κ1) is 16.3. The molecule has 2 rings (SSSR count). The number of rotatable bonds is 4. The molecule has 1 N–H and O–H groups in total. The summed E-state index contributed by atoms with van der Waals surface area (Å²) in [5.41, 5.74) is 2.76. The summed E-state index contributed by atoms with van der Waals surface area (Å²) in [4.78, 5) is 0. The third-order valence-corrected chi connectivity index (χ3v) is 3.46. The Balaban J connectivity index is 2.23. The maximum atomic E-state index is 3.24. The van der Waals surface area contributed by atoms with Crippen LogP contribution in [0.15, 0.2) is 48.6 Å². The van der Waals surface area contributed by atoms with E-state index in [1.165, 1.54) is 21.9 Å². The molecule has 1 heteroatoms. The van der Waals surface area contributed by atoms with E-state index in [9.17, 15) is 0 Å². The summed E-state index contributed by atoms with van der Waals surface area (Å²) in [6.45, 7) is 7.28. The number of hydrogen-bond donors (Lipinski definition) is 1. The van der Waals surface area contributed by atoms with Crippen LogP contribution < -0.4 is 5.32 Å². The van der Waals surface area contributed by atoms with Gasteiger partial charge in [0, 0.05) is 12.0 Å². The number of benzene rings is 2. The molecule has 1 nitrogen and oxygen atoms in total. The first-order valence-electron chi connectivity index (χ1n) is 7.83. The van der Waals surface area contributed by atoms with Crippen molar-refractivity contribution in [1.82, 2.24) is 5.32 Å². The van der Waals surface area contributed by atoms with Gasteiger partial charge >= 0.3 is 0 Å². The summed E-state index contributed by atoms with van der Waals surface area (Å²) in [7, 11) is 1.99. The van der Waals surface area contributed by atoms with E-state index in [4.69, 9.17) is 0 Å². The van der Waals surface area contributed by atoms with Gasteiger partial charge in [0.25, 0.3) is 0 Å². The molecule has 114 valence electrons. The topological polar surface area (TPSA) is 12.0 Å². The highest BCUT2D eigenvalue weighted by atomic mass is 14.8. The third kappa shape index (κ3) is 4.48. The van der Waals surface area contributed by atoms with Gasteiger partial charge in [0.2, 0.25) is 0 Å². The Morgan fingerprint density at radius 2 is 1.64 bits per heavy atom. The quantitative estimate of drug-likeness (QED) is 0.805. The van der Waals surface area contributed by atoms with Crippen LogP contribution in [0.5, 0.6) is 0 Å². The Labute approximate surface area is 134 Å². The molecular weight excluding hydrogens is 266 g/mol. The molecule has 0 fully saturated rings. The van der Waals surface area contributed by atoms with Crippen LogP contribution in [-0.4, -0.2) is 7.05 Å². The van der Waals surface area contributed by atoms with Crippen molar-refractivity contribution >= 4 is 10.8 Å². The standard InChI is InChI=1S/C21H25N/c1-21(2,3)15-7-5-6-10-17-11-8-14-20-18(16-22-4)12-9-13-19(17)20/h5-6,8-9,11-14,22H,10,16H2,1-4H3/b6-5+. The second-order valence-electron chi connectivity index (χ2n) is 6.59. The molecule has 0 saturated carbocycles. The molecule has 0 saturated heterocycles. The normalized spacial score (nSPS) is 11.6. The summed E-state index contributed by atoms with van der Waals surface area (Å²) < 4.78 is 0. The number of allylic oxidation sites excluding steroid dienone is 2. The summed E-state index contributed by atoms with van der Waals surface area (Å²) in [6.07, 6.45) is 5.04. The highest BCUT2D eigenvalue weighted by molar-refractivity contribution is 5.88. The van der Waals surface area contributed by atoms with Crippen LogP contribution in [0.25, 0.3) is 10.8 Å². The van der Waals surface area contributed by atoms with Gasteiger partial charge in [0.15, 0.2) is 0 Å². The number of hydrogen-bond acceptors (Lipinski definition) is 1. The van der Waals surface area contributed by atoms with Gasteiger partial charge in [0.1, 0.15) is 0 Å². The van der Waals surface area contributed by atoms with E-state index in [0.29, 0.717) is 0 Å². The molecule has 0 radical (unpaired) electrons. The SMILES string of the molecule is CNCc1cccc2c(C/C=C/C#CC(C)(C)C)cccc12. The van der Waals surface area contributed by atoms with Gasteiger partial charge in [-0.2, -0.15) is 0 Å². The monoisotopic (exact) mass is 291 g/mol. The van der Waals surface area contributed by atoms with E-state index >= 15 is 0 Å². The van der Waals surface area contributed by atoms with Crippen LogP contribution in [0, 0.1) is 17.3 Å². The maximum Gasteiger partial charge on any atom is 0.0233 e. The fourth-order valence-corrected chi connectivity index (χ4v) is 2.47. The lowest BCUT2D eigenvalue weighted by atomic mass is 9.97. The van der Waals surface area contributed by atoms with Crippen molar-refractivity contribution in [3.63, 3.8) is 0 Å². The largest absolute Gasteiger partial charge is 0.316 e. The van der Waals surface area contributed by atoms with Gasteiger partial charge in [0.05, 0.1) is 0 Å². The van der Waals surface area contributed by atoms with E-state index in [2.05, 4.69) is 80.4 Å². The molecule has 0 spiro atoms. The van der Waals surface area contributed by atoms with Gasteiger partial charge in [-0.05, 0) is 62.2 Å². The molecule has 0 bridgehead atoms. The summed E-state index contributed by atoms with van der Waals surface area (Å²) in [6, 6.07) is 13.1. The van der Waals surface area contributed by atoms with Crippen molar-refractivity contribution in [3.8, 4) is 11.8 Å². The Bertz CT molecular complexity index is 721. The molecule has 0 aliphatic heterocycles. The molecule has 22 heavy (non-hydrogen) atoms. The van der Waals surface area contributed by atoms with Gasteiger partial charge in [-0.25, -0.2) is 0 Å². The predicted molar refractivity (Wildman–Crippen MR) is 96.8 cm³/mol. The Hall–Kier alpha value is -2.04. The Morgan fingerprint density at radius 3 is 2.27 bits per heavy atom. The molecule has 2 aromatic rings. The zero-order valence-corrected chi connectivity index (χ0v) is 14.0. The van der Waals surface area contributed by atoms with Crippen molar-refractivity contribution in [2.45, 2.75) is 33.7 Å². The van der Waals surface area contributed by atoms with E-state index in [-0.39, 0.29) is 5.41 Å². The molecule has 0 amide bonds. The lowest BCUT2D eigenvalue weighted by molar-refractivity contribution is 0.571. The zero-order valence-electron chi connectivity index (χ0n) is 14.0. The highest BCUT2D eigenvalue weighted by Gasteiger charge is 2.04. The molecule has 0 aliphatic carbocycles. The van der Waals surface area contributed by atoms with E-state index in [1.54, 1.807) is 0 Å². The van der Waals surface area contributed by atoms with E-state index in [1.807, 2.05) is 13.1 Å². The van der Waals surface area contributed by atoms with Gasteiger partial charge in [-0.15, -0.1) is 0 Å². The van der Waals surface area contributed by atoms with Crippen molar-refractivity contribution in [2.24, 2.45) is 5.41 Å². The smallest absolute Gasteiger partial charge is 0.0233 e. The Kier molecular flexibility index (Phi) is 5.41. The summed E-state index contributed by atoms with van der Waals surface area (Å²) in [5, 5.41) is 5.91. The van der Waals surface area contributed by atoms with Crippen LogP contribution >= 0.6 is 0 Å². The molecule has 0 aliphatic rings. The maximum absolute atomic E-state index is 3.24. The summed E-state index contributed by atoms with van der Waals surface area (Å²) in [5.74, 6) is 6.36. The van der Waals surface area contributed by atoms with Crippen LogP contribution in [0.3, 0.4) is 0 Å². The lowest BCUT2D eigenvalue weighted by Gasteiger charge is -2.09. The fourth-order valence-electron chi connectivity index (χ4n) is 2.47. The highest BCUT2D eigenvalue weighted by Crippen LogP contribution is 2.23. The Morgan fingerprint density at radius 1 is 1.00 bits per heavy atom. The molecule has 0 atom stereocenters. The summed E-state index contributed by atoms with van der Waals surface area (Å²) >= 11 is 0. The molecule has 0 aromatic heterocycles. The van der Waals surface area contributed by atoms with E-state index < -0.39 is 0 Å². The minimum Gasteiger partial charge on any atom is -0.316 e. The third-order valence-electron chi connectivity index (χ3n) is 3.46. The number of nitrogens with one attached hydrogen (secondary N) is 1. The zero-order chi connectivity index (χ0) is 16.0. The first-order valence-corrected chi connectivity index (χ1v) is 7.83. The molecule has 2 aromatic carbocycles. The van der Waals surface area contributed by atoms with Gasteiger partial charge < -0.3 is 5.32 Å². The second-order valence-corrected chi connectivity index (χ2v) is 6.59. The minimum absolute atomic E-state index is 0.0613. The van der Waals surface area contributed by atoms with Crippen LogP contribution in [-0.2, 0) is 13.0 Å². The van der Waals surface area contributed by atoms with Crippen molar-refractivity contribution in [2.75, 3.05) is 7.05 Å². The minimum atomic E-state index is 0.0613. The predicted octanol–water partition coefficient (Wildman–Crippen LogP) is 4.71. The van der Waals surface area contributed by atoms with Crippen molar-refractivity contribution in [1.29, 1.82) is 0 Å². The van der Waals surface area contributed by atoms with Gasteiger partial charge in [-0.1, -0.05) is 54.3 Å². The average Bonchev–Trinajstić information content (AvgIpc) is 2.47. The van der Waals surface area contributed by atoms with Crippen LogP contribution in [0.1, 0.15) is 31.9 Å². The second kappa shape index (κ2) is 7.29. The van der Waals surface area contributed by atoms with E-state index in [0.717, 1.165) is 13.0 Å². The van der Waals surface area contributed by atoms with Crippen LogP contribution in [0.4, 0.5) is 0 Å². The van der Waals surface area contributed by atoms with Crippen molar-refractivity contribution < 1.29 is 0 Å². The molecule has 0 heterocycles. The average molecular weight is 291 g/mol. The van der Waals surface area contributed by atoms with Crippen LogP contribution in [0.2, 0.25) is 0 Å². The number of fused-ring (bicyclic) bond motifs is 1. The van der Waals surface area contributed by atoms with Gasteiger partial charge in [-0.3, -0.25) is 0 Å². The lowest BCUT2D eigenvalue weighted by Crippen LogP contribution is -2.05.